The molecular weight excluding hydrogens is 266 g/mol. The molecule has 8 nitrogen and oxygen atoms in total. The normalized spacial score (nSPS) is 17.6. The van der Waals surface area contributed by atoms with E-state index in [1.807, 2.05) is 0 Å². The van der Waals surface area contributed by atoms with E-state index in [0.29, 0.717) is 13.1 Å². The average molecular weight is 287 g/mol. The number of nitrogens with zero attached hydrogens (tertiary/aromatic N) is 2. The van der Waals surface area contributed by atoms with Gasteiger partial charge in [-0.25, -0.2) is 4.79 Å². The van der Waals surface area contributed by atoms with E-state index in [4.69, 9.17) is 9.84 Å². The number of carbonyl (C=O) groups is 3. The zero-order chi connectivity index (χ0) is 15.3. The van der Waals surface area contributed by atoms with Gasteiger partial charge < -0.3 is 25.0 Å². The first-order chi connectivity index (χ1) is 9.30. The second-order valence-electron chi connectivity index (χ2n) is 5.06. The van der Waals surface area contributed by atoms with Crippen molar-refractivity contribution in [1.29, 1.82) is 0 Å². The average Bonchev–Trinajstić information content (AvgIpc) is 2.36. The maximum Gasteiger partial charge on any atom is 0.323 e. The number of carboxylic acids is 1. The lowest BCUT2D eigenvalue weighted by molar-refractivity contribution is -0.138. The molecule has 1 heterocycles. The summed E-state index contributed by atoms with van der Waals surface area (Å²) in [6.45, 7) is 3.95. The van der Waals surface area contributed by atoms with Crippen molar-refractivity contribution in [3.63, 3.8) is 0 Å². The molecule has 114 valence electrons. The third-order valence-electron chi connectivity index (χ3n) is 3.24. The molecule has 0 aromatic rings. The predicted octanol–water partition coefficient (Wildman–Crippen LogP) is -0.650. The minimum atomic E-state index is -1.10. The van der Waals surface area contributed by atoms with Crippen LogP contribution in [0.5, 0.6) is 0 Å². The van der Waals surface area contributed by atoms with Crippen LogP contribution in [0.2, 0.25) is 0 Å². The largest absolute Gasteiger partial charge is 0.480 e. The molecule has 0 spiro atoms. The predicted molar refractivity (Wildman–Crippen MR) is 70.3 cm³/mol. The summed E-state index contributed by atoms with van der Waals surface area (Å²) in [7, 11) is 1.47. The molecule has 0 atom stereocenters. The van der Waals surface area contributed by atoms with Crippen molar-refractivity contribution in [2.24, 2.45) is 0 Å². The van der Waals surface area contributed by atoms with Gasteiger partial charge in [-0.2, -0.15) is 0 Å². The Hall–Kier alpha value is -1.83. The molecule has 1 aliphatic heterocycles. The number of ether oxygens (including phenoxy) is 1. The molecule has 0 bridgehead atoms. The molecular formula is C12H21N3O5. The summed E-state index contributed by atoms with van der Waals surface area (Å²) in [5.41, 5.74) is -1.00. The number of rotatable bonds is 5. The van der Waals surface area contributed by atoms with Crippen LogP contribution in [0.1, 0.15) is 13.8 Å². The van der Waals surface area contributed by atoms with Gasteiger partial charge in [-0.1, -0.05) is 0 Å². The first-order valence-corrected chi connectivity index (χ1v) is 6.36. The van der Waals surface area contributed by atoms with Gasteiger partial charge in [0.15, 0.2) is 0 Å². The Kier molecular flexibility index (Phi) is 5.32. The fourth-order valence-corrected chi connectivity index (χ4v) is 2.01. The first-order valence-electron chi connectivity index (χ1n) is 6.36. The topological polar surface area (TPSA) is 99.2 Å². The highest BCUT2D eigenvalue weighted by atomic mass is 16.5. The van der Waals surface area contributed by atoms with Crippen molar-refractivity contribution >= 4 is 17.9 Å². The van der Waals surface area contributed by atoms with E-state index >= 15 is 0 Å². The van der Waals surface area contributed by atoms with E-state index in [9.17, 15) is 14.4 Å². The van der Waals surface area contributed by atoms with Gasteiger partial charge in [0.2, 0.25) is 5.91 Å². The summed E-state index contributed by atoms with van der Waals surface area (Å²) >= 11 is 0. The summed E-state index contributed by atoms with van der Waals surface area (Å²) in [5.74, 6) is -1.35. The fraction of sp³-hybridized carbons (Fsp3) is 0.750. The van der Waals surface area contributed by atoms with Gasteiger partial charge in [0, 0.05) is 26.7 Å². The number of amides is 3. The first kappa shape index (κ1) is 16.2. The minimum absolute atomic E-state index is 0.163. The highest BCUT2D eigenvalue weighted by molar-refractivity contribution is 5.92. The minimum Gasteiger partial charge on any atom is -0.480 e. The van der Waals surface area contributed by atoms with Gasteiger partial charge in [0.25, 0.3) is 0 Å². The zero-order valence-corrected chi connectivity index (χ0v) is 12.0. The highest BCUT2D eigenvalue weighted by Crippen LogP contribution is 2.19. The van der Waals surface area contributed by atoms with Crippen LogP contribution < -0.4 is 5.32 Å². The number of carbonyl (C=O) groups excluding carboxylic acids is 2. The van der Waals surface area contributed by atoms with Gasteiger partial charge in [-0.15, -0.1) is 0 Å². The van der Waals surface area contributed by atoms with E-state index in [1.165, 1.54) is 16.9 Å². The monoisotopic (exact) mass is 287 g/mol. The van der Waals surface area contributed by atoms with Crippen LogP contribution in [0.25, 0.3) is 0 Å². The third kappa shape index (κ3) is 3.60. The molecule has 0 aliphatic carbocycles. The van der Waals surface area contributed by atoms with E-state index in [-0.39, 0.29) is 19.1 Å². The second-order valence-corrected chi connectivity index (χ2v) is 5.06. The summed E-state index contributed by atoms with van der Waals surface area (Å²) in [5, 5.41) is 11.6. The Bertz CT molecular complexity index is 397. The Morgan fingerprint density at radius 1 is 1.50 bits per heavy atom. The Balaban J connectivity index is 2.86. The fourth-order valence-electron chi connectivity index (χ4n) is 2.01. The standard InChI is InChI=1S/C12H21N3O5/c1-12(2)10(18)13-4-5-15(12)11(19)14(6-7-20-3)8-9(16)17/h4-8H2,1-3H3,(H,13,18)(H,16,17). The van der Waals surface area contributed by atoms with Gasteiger partial charge in [0.1, 0.15) is 12.1 Å². The Morgan fingerprint density at radius 3 is 2.70 bits per heavy atom. The Labute approximate surface area is 117 Å². The van der Waals surface area contributed by atoms with Gasteiger partial charge in [0.05, 0.1) is 6.61 Å². The van der Waals surface area contributed by atoms with E-state index < -0.39 is 24.1 Å². The summed E-state index contributed by atoms with van der Waals surface area (Å²) < 4.78 is 4.88. The molecule has 0 radical (unpaired) electrons. The number of nitrogens with one attached hydrogen (secondary N) is 1. The SMILES string of the molecule is COCCN(CC(=O)O)C(=O)N1CCNC(=O)C1(C)C. The number of hydrogen-bond acceptors (Lipinski definition) is 4. The number of piperazine rings is 1. The molecule has 2 N–H and O–H groups in total. The molecule has 0 unspecified atom stereocenters. The van der Waals surface area contributed by atoms with Crippen LogP contribution in [0.4, 0.5) is 4.79 Å². The molecule has 1 rings (SSSR count). The van der Waals surface area contributed by atoms with Gasteiger partial charge in [-0.3, -0.25) is 9.59 Å². The van der Waals surface area contributed by atoms with E-state index in [0.717, 1.165) is 0 Å². The van der Waals surface area contributed by atoms with Crippen molar-refractivity contribution in [1.82, 2.24) is 15.1 Å². The molecule has 1 saturated heterocycles. The highest BCUT2D eigenvalue weighted by Gasteiger charge is 2.42. The molecule has 3 amide bonds. The number of methoxy groups -OCH3 is 1. The number of carboxylic acid groups (broad SMARTS) is 1. The smallest absolute Gasteiger partial charge is 0.323 e. The van der Waals surface area contributed by atoms with Gasteiger partial charge in [-0.05, 0) is 13.8 Å². The molecule has 0 saturated carbocycles. The van der Waals surface area contributed by atoms with Crippen molar-refractivity contribution in [3.8, 4) is 0 Å². The maximum absolute atomic E-state index is 12.5. The van der Waals surface area contributed by atoms with E-state index in [2.05, 4.69) is 5.32 Å². The molecule has 1 aliphatic rings. The zero-order valence-electron chi connectivity index (χ0n) is 12.0. The number of urea groups is 1. The molecule has 0 aromatic carbocycles. The van der Waals surface area contributed by atoms with Crippen LogP contribution in [-0.2, 0) is 14.3 Å². The molecule has 20 heavy (non-hydrogen) atoms. The van der Waals surface area contributed by atoms with Crippen molar-refractivity contribution in [2.75, 3.05) is 39.9 Å². The lowest BCUT2D eigenvalue weighted by Gasteiger charge is -2.43. The van der Waals surface area contributed by atoms with Crippen LogP contribution in [0.3, 0.4) is 0 Å². The molecule has 1 fully saturated rings. The molecule has 0 aromatic heterocycles. The quantitative estimate of drug-likeness (QED) is 0.700. The number of hydrogen-bond donors (Lipinski definition) is 2. The lowest BCUT2D eigenvalue weighted by Crippen LogP contribution is -2.65. The lowest BCUT2D eigenvalue weighted by atomic mass is 9.99. The van der Waals surface area contributed by atoms with Crippen LogP contribution >= 0.6 is 0 Å². The maximum atomic E-state index is 12.5. The van der Waals surface area contributed by atoms with Crippen LogP contribution in [0, 0.1) is 0 Å². The Morgan fingerprint density at radius 2 is 2.15 bits per heavy atom. The third-order valence-corrected chi connectivity index (χ3v) is 3.24. The summed E-state index contributed by atoms with van der Waals surface area (Å²) in [6.07, 6.45) is 0. The summed E-state index contributed by atoms with van der Waals surface area (Å²) in [4.78, 5) is 37.7. The van der Waals surface area contributed by atoms with Gasteiger partial charge >= 0.3 is 12.0 Å². The van der Waals surface area contributed by atoms with Crippen molar-refractivity contribution in [3.05, 3.63) is 0 Å². The van der Waals surface area contributed by atoms with E-state index in [1.54, 1.807) is 13.8 Å². The number of aliphatic carboxylic acids is 1. The summed E-state index contributed by atoms with van der Waals surface area (Å²) in [6, 6.07) is -0.468. The van der Waals surface area contributed by atoms with Crippen LogP contribution in [-0.4, -0.2) is 78.2 Å². The second kappa shape index (κ2) is 6.56. The van der Waals surface area contributed by atoms with Crippen molar-refractivity contribution in [2.45, 2.75) is 19.4 Å². The molecule has 8 heteroatoms. The van der Waals surface area contributed by atoms with Crippen LogP contribution in [0.15, 0.2) is 0 Å². The van der Waals surface area contributed by atoms with Crippen molar-refractivity contribution < 1.29 is 24.2 Å².